The van der Waals surface area contributed by atoms with Gasteiger partial charge in [0, 0.05) is 23.7 Å². The molecule has 1 atom stereocenters. The van der Waals surface area contributed by atoms with Gasteiger partial charge in [-0.05, 0) is 61.1 Å². The van der Waals surface area contributed by atoms with Crippen molar-refractivity contribution in [1.29, 1.82) is 0 Å². The number of rotatable bonds is 5. The van der Waals surface area contributed by atoms with Crippen LogP contribution in [0.15, 0.2) is 53.7 Å². The second-order valence-corrected chi connectivity index (χ2v) is 9.17. The first kappa shape index (κ1) is 20.0. The van der Waals surface area contributed by atoms with E-state index in [9.17, 15) is 9.18 Å². The third-order valence-electron chi connectivity index (χ3n) is 5.93. The minimum Gasteiger partial charge on any atom is -0.310 e. The van der Waals surface area contributed by atoms with Gasteiger partial charge in [0.05, 0.1) is 24.0 Å². The maximum Gasteiger partial charge on any atom is 0.262 e. The van der Waals surface area contributed by atoms with E-state index in [0.717, 1.165) is 46.3 Å². The summed E-state index contributed by atoms with van der Waals surface area (Å²) in [5.74, 6) is -0.164. The highest BCUT2D eigenvalue weighted by Crippen LogP contribution is 2.33. The molecule has 0 bridgehead atoms. The molecule has 0 fully saturated rings. The SMILES string of the molecule is Cc1ccc(CN[C@@H]2CCc3c(sc4ncn(Cc5ccccn5)c(=O)c34)C2)cc1F. The molecule has 1 N–H and O–H groups in total. The van der Waals surface area contributed by atoms with Crippen molar-refractivity contribution < 1.29 is 4.39 Å². The lowest BCUT2D eigenvalue weighted by Gasteiger charge is -2.23. The van der Waals surface area contributed by atoms with Crippen LogP contribution in [0.5, 0.6) is 0 Å². The van der Waals surface area contributed by atoms with E-state index in [4.69, 9.17) is 0 Å². The fourth-order valence-corrected chi connectivity index (χ4v) is 5.42. The van der Waals surface area contributed by atoms with Crippen LogP contribution in [-0.4, -0.2) is 20.6 Å². The molecule has 5 nitrogen and oxygen atoms in total. The molecule has 0 saturated carbocycles. The van der Waals surface area contributed by atoms with Crippen LogP contribution in [-0.2, 0) is 25.9 Å². The van der Waals surface area contributed by atoms with E-state index >= 15 is 0 Å². The van der Waals surface area contributed by atoms with Gasteiger partial charge in [-0.2, -0.15) is 0 Å². The average molecular weight is 435 g/mol. The van der Waals surface area contributed by atoms with Crippen molar-refractivity contribution in [3.63, 3.8) is 0 Å². The number of halogens is 1. The zero-order valence-corrected chi connectivity index (χ0v) is 18.1. The number of nitrogens with one attached hydrogen (secondary N) is 1. The van der Waals surface area contributed by atoms with Crippen molar-refractivity contribution in [3.8, 4) is 0 Å². The van der Waals surface area contributed by atoms with Crippen molar-refractivity contribution in [3.05, 3.63) is 92.4 Å². The molecule has 31 heavy (non-hydrogen) atoms. The Morgan fingerprint density at radius 3 is 2.97 bits per heavy atom. The summed E-state index contributed by atoms with van der Waals surface area (Å²) in [6.07, 6.45) is 6.02. The molecule has 1 aliphatic rings. The molecule has 5 rings (SSSR count). The molecule has 0 aliphatic heterocycles. The molecular weight excluding hydrogens is 411 g/mol. The highest BCUT2D eigenvalue weighted by atomic mass is 32.1. The van der Waals surface area contributed by atoms with Crippen molar-refractivity contribution in [2.75, 3.05) is 0 Å². The van der Waals surface area contributed by atoms with E-state index in [1.165, 1.54) is 4.88 Å². The number of aryl methyl sites for hydroxylation is 2. The monoisotopic (exact) mass is 434 g/mol. The molecule has 0 saturated heterocycles. The van der Waals surface area contributed by atoms with Gasteiger partial charge in [0.15, 0.2) is 0 Å². The second kappa shape index (κ2) is 8.32. The predicted molar refractivity (Wildman–Crippen MR) is 121 cm³/mol. The van der Waals surface area contributed by atoms with E-state index in [2.05, 4.69) is 15.3 Å². The van der Waals surface area contributed by atoms with Crippen LogP contribution in [0.25, 0.3) is 10.2 Å². The molecule has 4 aromatic rings. The Morgan fingerprint density at radius 2 is 2.16 bits per heavy atom. The number of aromatic nitrogens is 3. The smallest absolute Gasteiger partial charge is 0.262 e. The van der Waals surface area contributed by atoms with Crippen molar-refractivity contribution in [2.45, 2.75) is 45.3 Å². The molecule has 0 spiro atoms. The minimum atomic E-state index is -0.164. The Morgan fingerprint density at radius 1 is 1.26 bits per heavy atom. The molecule has 0 unspecified atom stereocenters. The van der Waals surface area contributed by atoms with E-state index in [-0.39, 0.29) is 11.4 Å². The lowest BCUT2D eigenvalue weighted by molar-refractivity contribution is 0.462. The Kier molecular flexibility index (Phi) is 5.38. The summed E-state index contributed by atoms with van der Waals surface area (Å²) in [6, 6.07) is 11.4. The first-order valence-electron chi connectivity index (χ1n) is 10.5. The molecule has 1 aromatic carbocycles. The summed E-state index contributed by atoms with van der Waals surface area (Å²) in [5.41, 5.74) is 3.61. The number of thiophene rings is 1. The maximum absolute atomic E-state index is 13.8. The largest absolute Gasteiger partial charge is 0.310 e. The molecule has 1 aliphatic carbocycles. The third-order valence-corrected chi connectivity index (χ3v) is 7.09. The number of hydrogen-bond acceptors (Lipinski definition) is 5. The summed E-state index contributed by atoms with van der Waals surface area (Å²) in [4.78, 5) is 24.1. The quantitative estimate of drug-likeness (QED) is 0.516. The molecule has 158 valence electrons. The second-order valence-electron chi connectivity index (χ2n) is 8.09. The van der Waals surface area contributed by atoms with Crippen molar-refractivity contribution in [1.82, 2.24) is 19.9 Å². The van der Waals surface area contributed by atoms with Gasteiger partial charge in [0.2, 0.25) is 0 Å². The van der Waals surface area contributed by atoms with Crippen LogP contribution in [0.1, 0.15) is 33.7 Å². The van der Waals surface area contributed by atoms with Crippen LogP contribution in [0.3, 0.4) is 0 Å². The molecule has 7 heteroatoms. The van der Waals surface area contributed by atoms with E-state index in [0.29, 0.717) is 24.7 Å². The minimum absolute atomic E-state index is 0.00897. The van der Waals surface area contributed by atoms with Gasteiger partial charge >= 0.3 is 0 Å². The normalized spacial score (nSPS) is 15.9. The van der Waals surface area contributed by atoms with Gasteiger partial charge in [0.1, 0.15) is 10.6 Å². The van der Waals surface area contributed by atoms with Gasteiger partial charge in [0.25, 0.3) is 5.56 Å². The molecule has 0 amide bonds. The molecule has 3 aromatic heterocycles. The molecular formula is C24H23FN4OS. The fraction of sp³-hybridized carbons (Fsp3) is 0.292. The topological polar surface area (TPSA) is 59.8 Å². The van der Waals surface area contributed by atoms with Gasteiger partial charge in [-0.25, -0.2) is 9.37 Å². The zero-order chi connectivity index (χ0) is 21.4. The highest BCUT2D eigenvalue weighted by Gasteiger charge is 2.25. The lowest BCUT2D eigenvalue weighted by atomic mass is 9.93. The first-order chi connectivity index (χ1) is 15.1. The van der Waals surface area contributed by atoms with Crippen LogP contribution in [0.2, 0.25) is 0 Å². The summed E-state index contributed by atoms with van der Waals surface area (Å²) >= 11 is 1.62. The summed E-state index contributed by atoms with van der Waals surface area (Å²) in [5, 5.41) is 4.32. The molecule has 3 heterocycles. The van der Waals surface area contributed by atoms with Crippen LogP contribution in [0.4, 0.5) is 4.39 Å². The van der Waals surface area contributed by atoms with Gasteiger partial charge in [-0.3, -0.25) is 14.3 Å². The number of pyridine rings is 1. The van der Waals surface area contributed by atoms with E-state index in [1.54, 1.807) is 41.4 Å². The average Bonchev–Trinajstić information content (AvgIpc) is 3.16. The van der Waals surface area contributed by atoms with Crippen molar-refractivity contribution in [2.24, 2.45) is 0 Å². The van der Waals surface area contributed by atoms with Crippen molar-refractivity contribution >= 4 is 21.6 Å². The summed E-state index contributed by atoms with van der Waals surface area (Å²) < 4.78 is 15.4. The Balaban J connectivity index is 1.35. The summed E-state index contributed by atoms with van der Waals surface area (Å²) in [7, 11) is 0. The lowest BCUT2D eigenvalue weighted by Crippen LogP contribution is -2.33. The number of benzene rings is 1. The van der Waals surface area contributed by atoms with Crippen LogP contribution < -0.4 is 10.9 Å². The maximum atomic E-state index is 13.8. The summed E-state index contributed by atoms with van der Waals surface area (Å²) in [6.45, 7) is 2.83. The molecule has 0 radical (unpaired) electrons. The first-order valence-corrected chi connectivity index (χ1v) is 11.3. The number of fused-ring (bicyclic) bond motifs is 3. The van der Waals surface area contributed by atoms with Gasteiger partial charge in [-0.1, -0.05) is 18.2 Å². The Bertz CT molecular complexity index is 1300. The van der Waals surface area contributed by atoms with E-state index < -0.39 is 0 Å². The van der Waals surface area contributed by atoms with Crippen LogP contribution >= 0.6 is 11.3 Å². The standard InChI is InChI=1S/C24H23FN4OS/c1-15-5-6-16(10-20(15)25)12-27-17-7-8-19-21(11-17)31-23-22(19)24(30)29(14-28-23)13-18-4-2-3-9-26-18/h2-6,9-10,14,17,27H,7-8,11-13H2,1H3/t17-/m1/s1. The Hall–Kier alpha value is -2.90. The van der Waals surface area contributed by atoms with Gasteiger partial charge < -0.3 is 5.32 Å². The zero-order valence-electron chi connectivity index (χ0n) is 17.3. The van der Waals surface area contributed by atoms with E-state index in [1.807, 2.05) is 30.3 Å². The third kappa shape index (κ3) is 4.03. The Labute approximate surface area is 183 Å². The predicted octanol–water partition coefficient (Wildman–Crippen LogP) is 4.00. The number of nitrogens with zero attached hydrogens (tertiary/aromatic N) is 3. The fourth-order valence-electron chi connectivity index (χ4n) is 4.16. The highest BCUT2D eigenvalue weighted by molar-refractivity contribution is 7.18. The van der Waals surface area contributed by atoms with Gasteiger partial charge in [-0.15, -0.1) is 11.3 Å². The number of hydrogen-bond donors (Lipinski definition) is 1. The van der Waals surface area contributed by atoms with Crippen LogP contribution in [0, 0.1) is 12.7 Å².